The Bertz CT molecular complexity index is 351. The van der Waals surface area contributed by atoms with E-state index in [1.807, 2.05) is 11.8 Å². The van der Waals surface area contributed by atoms with E-state index in [0.717, 1.165) is 6.54 Å². The number of thioether (sulfide) groups is 1. The summed E-state index contributed by atoms with van der Waals surface area (Å²) in [6.07, 6.45) is 4.97. The van der Waals surface area contributed by atoms with Crippen LogP contribution in [0.2, 0.25) is 0 Å². The molecule has 0 aliphatic heterocycles. The fraction of sp³-hybridized carbons (Fsp3) is 0.647. The molecule has 1 N–H and O–H groups in total. The van der Waals surface area contributed by atoms with Gasteiger partial charge in [-0.1, -0.05) is 44.9 Å². The molecule has 0 aliphatic rings. The van der Waals surface area contributed by atoms with Crippen LogP contribution in [0.15, 0.2) is 29.2 Å². The monoisotopic (exact) mass is 279 g/mol. The van der Waals surface area contributed by atoms with Crippen molar-refractivity contribution in [1.29, 1.82) is 0 Å². The molecular weight excluding hydrogens is 250 g/mol. The minimum Gasteiger partial charge on any atom is -0.313 e. The van der Waals surface area contributed by atoms with Gasteiger partial charge >= 0.3 is 0 Å². The lowest BCUT2D eigenvalue weighted by molar-refractivity contribution is 0.454. The number of aryl methyl sites for hydroxylation is 1. The average Bonchev–Trinajstić information content (AvgIpc) is 2.41. The zero-order valence-electron chi connectivity index (χ0n) is 12.9. The van der Waals surface area contributed by atoms with Crippen molar-refractivity contribution in [1.82, 2.24) is 5.32 Å². The SMILES string of the molecule is CCCNC(CCC)C(CC)Sc1cccc(C)c1. The summed E-state index contributed by atoms with van der Waals surface area (Å²) in [6, 6.07) is 9.52. The van der Waals surface area contributed by atoms with E-state index >= 15 is 0 Å². The predicted molar refractivity (Wildman–Crippen MR) is 88.1 cm³/mol. The van der Waals surface area contributed by atoms with Crippen molar-refractivity contribution in [3.8, 4) is 0 Å². The molecule has 0 saturated heterocycles. The van der Waals surface area contributed by atoms with Gasteiger partial charge in [0.1, 0.15) is 0 Å². The van der Waals surface area contributed by atoms with Gasteiger partial charge in [0.25, 0.3) is 0 Å². The standard InChI is InChI=1S/C17H29NS/c1-5-9-16(18-12-6-2)17(7-3)19-15-11-8-10-14(4)13-15/h8,10-11,13,16-18H,5-7,9,12H2,1-4H3. The normalized spacial score (nSPS) is 14.3. The molecular formula is C17H29NS. The molecule has 0 fully saturated rings. The van der Waals surface area contributed by atoms with Crippen LogP contribution in [-0.2, 0) is 0 Å². The van der Waals surface area contributed by atoms with E-state index in [1.165, 1.54) is 36.1 Å². The second kappa shape index (κ2) is 9.44. The van der Waals surface area contributed by atoms with E-state index in [0.29, 0.717) is 11.3 Å². The highest BCUT2D eigenvalue weighted by molar-refractivity contribution is 8.00. The third kappa shape index (κ3) is 6.01. The fourth-order valence-corrected chi connectivity index (χ4v) is 3.70. The maximum absolute atomic E-state index is 3.74. The third-order valence-electron chi connectivity index (χ3n) is 3.38. The molecule has 0 aliphatic carbocycles. The average molecular weight is 279 g/mol. The Kier molecular flexibility index (Phi) is 8.24. The number of hydrogen-bond donors (Lipinski definition) is 1. The summed E-state index contributed by atoms with van der Waals surface area (Å²) in [5, 5.41) is 4.41. The molecule has 1 nitrogen and oxygen atoms in total. The first-order valence-corrected chi connectivity index (χ1v) is 8.55. The van der Waals surface area contributed by atoms with Gasteiger partial charge in [-0.05, 0) is 44.9 Å². The minimum atomic E-state index is 0.639. The van der Waals surface area contributed by atoms with Crippen LogP contribution in [0.4, 0.5) is 0 Å². The van der Waals surface area contributed by atoms with Gasteiger partial charge in [0.15, 0.2) is 0 Å². The van der Waals surface area contributed by atoms with Crippen LogP contribution in [0, 0.1) is 6.92 Å². The Balaban J connectivity index is 2.67. The largest absolute Gasteiger partial charge is 0.313 e. The van der Waals surface area contributed by atoms with Crippen molar-refractivity contribution in [3.63, 3.8) is 0 Å². The lowest BCUT2D eigenvalue weighted by atomic mass is 10.1. The molecule has 0 amide bonds. The lowest BCUT2D eigenvalue weighted by Gasteiger charge is -2.27. The number of nitrogens with one attached hydrogen (secondary N) is 1. The van der Waals surface area contributed by atoms with Gasteiger partial charge < -0.3 is 5.32 Å². The van der Waals surface area contributed by atoms with Gasteiger partial charge in [-0.3, -0.25) is 0 Å². The zero-order chi connectivity index (χ0) is 14.1. The minimum absolute atomic E-state index is 0.639. The van der Waals surface area contributed by atoms with Crippen molar-refractivity contribution in [2.24, 2.45) is 0 Å². The Morgan fingerprint density at radius 2 is 1.95 bits per heavy atom. The highest BCUT2D eigenvalue weighted by Crippen LogP contribution is 2.29. The second-order valence-corrected chi connectivity index (χ2v) is 6.54. The van der Waals surface area contributed by atoms with Crippen molar-refractivity contribution in [3.05, 3.63) is 29.8 Å². The summed E-state index contributed by atoms with van der Waals surface area (Å²) in [7, 11) is 0. The smallest absolute Gasteiger partial charge is 0.0245 e. The van der Waals surface area contributed by atoms with Crippen LogP contribution in [0.25, 0.3) is 0 Å². The number of rotatable bonds is 9. The molecule has 1 aromatic rings. The van der Waals surface area contributed by atoms with Gasteiger partial charge in [-0.25, -0.2) is 0 Å². The van der Waals surface area contributed by atoms with Gasteiger partial charge in [0.2, 0.25) is 0 Å². The van der Waals surface area contributed by atoms with Crippen molar-refractivity contribution >= 4 is 11.8 Å². The van der Waals surface area contributed by atoms with Gasteiger partial charge in [-0.2, -0.15) is 0 Å². The van der Waals surface area contributed by atoms with E-state index in [9.17, 15) is 0 Å². The van der Waals surface area contributed by atoms with Crippen LogP contribution in [0.1, 0.15) is 52.0 Å². The molecule has 2 unspecified atom stereocenters. The summed E-state index contributed by atoms with van der Waals surface area (Å²) >= 11 is 2.04. The molecule has 0 saturated carbocycles. The molecule has 0 radical (unpaired) electrons. The predicted octanol–water partition coefficient (Wildman–Crippen LogP) is 5.03. The molecule has 0 aromatic heterocycles. The lowest BCUT2D eigenvalue weighted by Crippen LogP contribution is -2.38. The van der Waals surface area contributed by atoms with E-state index in [4.69, 9.17) is 0 Å². The topological polar surface area (TPSA) is 12.0 Å². The number of hydrogen-bond acceptors (Lipinski definition) is 2. The fourth-order valence-electron chi connectivity index (χ4n) is 2.37. The molecule has 2 heteroatoms. The Hall–Kier alpha value is -0.470. The summed E-state index contributed by atoms with van der Waals surface area (Å²) in [4.78, 5) is 1.41. The maximum Gasteiger partial charge on any atom is 0.0245 e. The van der Waals surface area contributed by atoms with E-state index in [-0.39, 0.29) is 0 Å². The first kappa shape index (κ1) is 16.6. The van der Waals surface area contributed by atoms with Crippen LogP contribution in [0.3, 0.4) is 0 Å². The van der Waals surface area contributed by atoms with E-state index in [2.05, 4.69) is 57.3 Å². The first-order chi connectivity index (χ1) is 9.21. The molecule has 108 valence electrons. The molecule has 1 aromatic carbocycles. The van der Waals surface area contributed by atoms with E-state index in [1.54, 1.807) is 0 Å². The van der Waals surface area contributed by atoms with Crippen LogP contribution in [-0.4, -0.2) is 17.8 Å². The maximum atomic E-state index is 3.74. The quantitative estimate of drug-likeness (QED) is 0.636. The Labute approximate surface area is 123 Å². The van der Waals surface area contributed by atoms with Crippen LogP contribution >= 0.6 is 11.8 Å². The summed E-state index contributed by atoms with van der Waals surface area (Å²) in [5.74, 6) is 0. The van der Waals surface area contributed by atoms with Crippen LogP contribution in [0.5, 0.6) is 0 Å². The van der Waals surface area contributed by atoms with Crippen LogP contribution < -0.4 is 5.32 Å². The summed E-state index contributed by atoms with van der Waals surface area (Å²) in [6.45, 7) is 10.1. The van der Waals surface area contributed by atoms with Crippen molar-refractivity contribution < 1.29 is 0 Å². The molecule has 1 rings (SSSR count). The third-order valence-corrected chi connectivity index (χ3v) is 4.88. The highest BCUT2D eigenvalue weighted by Gasteiger charge is 2.19. The molecule has 0 bridgehead atoms. The summed E-state index contributed by atoms with van der Waals surface area (Å²) < 4.78 is 0. The molecule has 2 atom stereocenters. The first-order valence-electron chi connectivity index (χ1n) is 7.67. The van der Waals surface area contributed by atoms with Gasteiger partial charge in [0, 0.05) is 16.2 Å². The highest BCUT2D eigenvalue weighted by atomic mass is 32.2. The zero-order valence-corrected chi connectivity index (χ0v) is 13.7. The Morgan fingerprint density at radius 1 is 1.16 bits per heavy atom. The molecule has 0 heterocycles. The van der Waals surface area contributed by atoms with E-state index < -0.39 is 0 Å². The summed E-state index contributed by atoms with van der Waals surface area (Å²) in [5.41, 5.74) is 1.36. The molecule has 0 spiro atoms. The Morgan fingerprint density at radius 3 is 2.53 bits per heavy atom. The molecule has 19 heavy (non-hydrogen) atoms. The van der Waals surface area contributed by atoms with Crippen molar-refractivity contribution in [2.75, 3.05) is 6.54 Å². The van der Waals surface area contributed by atoms with Gasteiger partial charge in [0.05, 0.1) is 0 Å². The second-order valence-electron chi connectivity index (χ2n) is 5.23. The van der Waals surface area contributed by atoms with Gasteiger partial charge in [-0.15, -0.1) is 11.8 Å². The number of benzene rings is 1. The van der Waals surface area contributed by atoms with Crippen molar-refractivity contribution in [2.45, 2.75) is 69.6 Å².